The minimum Gasteiger partial charge on any atom is -0.487 e. The third-order valence-electron chi connectivity index (χ3n) is 8.15. The predicted octanol–water partition coefficient (Wildman–Crippen LogP) is 7.16. The van der Waals surface area contributed by atoms with E-state index in [1.807, 2.05) is 0 Å². The number of hydrogen-bond donors (Lipinski definition) is 0. The van der Waals surface area contributed by atoms with E-state index in [1.54, 1.807) is 0 Å². The van der Waals surface area contributed by atoms with Crippen molar-refractivity contribution in [3.63, 3.8) is 0 Å². The molecule has 0 saturated heterocycles. The molecule has 0 amide bonds. The number of allylic oxidation sites excluding steroid dienone is 1. The highest BCUT2D eigenvalue weighted by atomic mass is 16.5. The van der Waals surface area contributed by atoms with Crippen LogP contribution in [0.1, 0.15) is 64.5 Å². The Hall–Kier alpha value is -2.22. The molecule has 1 aliphatic carbocycles. The van der Waals surface area contributed by atoms with Crippen LogP contribution in [-0.4, -0.2) is 11.2 Å². The van der Waals surface area contributed by atoms with Gasteiger partial charge in [0.25, 0.3) is 0 Å². The Bertz CT molecular complexity index is 990. The van der Waals surface area contributed by atoms with Crippen molar-refractivity contribution in [3.8, 4) is 11.5 Å². The Morgan fingerprint density at radius 2 is 1.32 bits per heavy atom. The molecule has 5 rings (SSSR count). The second-order valence-corrected chi connectivity index (χ2v) is 11.2. The molecule has 164 valence electrons. The topological polar surface area (TPSA) is 18.5 Å². The van der Waals surface area contributed by atoms with Crippen LogP contribution >= 0.6 is 0 Å². The average molecular weight is 417 g/mol. The number of fused-ring (bicyclic) bond motifs is 4. The Balaban J connectivity index is 1.52. The zero-order valence-electron chi connectivity index (χ0n) is 19.5. The lowest BCUT2D eigenvalue weighted by atomic mass is 9.69. The van der Waals surface area contributed by atoms with Gasteiger partial charge in [-0.25, -0.2) is 0 Å². The summed E-state index contributed by atoms with van der Waals surface area (Å²) in [6.07, 6.45) is 11.3. The molecule has 0 radical (unpaired) electrons. The molecule has 2 nitrogen and oxygen atoms in total. The molecule has 0 N–H and O–H groups in total. The number of ether oxygens (including phenoxy) is 2. The maximum atomic E-state index is 6.81. The van der Waals surface area contributed by atoms with Crippen LogP contribution in [0.2, 0.25) is 0 Å². The molecule has 3 aliphatic rings. The zero-order chi connectivity index (χ0) is 21.7. The van der Waals surface area contributed by atoms with Gasteiger partial charge < -0.3 is 9.47 Å². The highest BCUT2D eigenvalue weighted by Crippen LogP contribution is 2.48. The van der Waals surface area contributed by atoms with Gasteiger partial charge in [0.1, 0.15) is 22.7 Å². The fourth-order valence-corrected chi connectivity index (χ4v) is 6.11. The molecule has 0 unspecified atom stereocenters. The van der Waals surface area contributed by atoms with E-state index in [0.717, 1.165) is 50.0 Å². The fraction of sp³-hybridized carbons (Fsp3) is 0.517. The van der Waals surface area contributed by atoms with E-state index in [9.17, 15) is 0 Å². The van der Waals surface area contributed by atoms with Crippen molar-refractivity contribution in [2.45, 2.75) is 77.4 Å². The summed E-state index contributed by atoms with van der Waals surface area (Å²) in [7, 11) is 0. The van der Waals surface area contributed by atoms with Crippen LogP contribution in [0.3, 0.4) is 0 Å². The first-order valence-corrected chi connectivity index (χ1v) is 12.0. The molecule has 2 aromatic rings. The Morgan fingerprint density at radius 3 is 2.00 bits per heavy atom. The summed E-state index contributed by atoms with van der Waals surface area (Å²) in [5.41, 5.74) is 2.51. The first kappa shape index (κ1) is 20.7. The van der Waals surface area contributed by atoms with Crippen LogP contribution in [0.5, 0.6) is 11.5 Å². The molecule has 2 heteroatoms. The molecule has 0 fully saturated rings. The summed E-state index contributed by atoms with van der Waals surface area (Å²) in [4.78, 5) is 0. The van der Waals surface area contributed by atoms with Crippen molar-refractivity contribution < 1.29 is 9.47 Å². The van der Waals surface area contributed by atoms with Crippen LogP contribution < -0.4 is 9.47 Å². The minimum absolute atomic E-state index is 0.129. The van der Waals surface area contributed by atoms with Crippen molar-refractivity contribution >= 4 is 0 Å². The molecule has 0 bridgehead atoms. The summed E-state index contributed by atoms with van der Waals surface area (Å²) in [6, 6.07) is 17.2. The van der Waals surface area contributed by atoms with Gasteiger partial charge in [0.2, 0.25) is 0 Å². The lowest BCUT2D eigenvalue weighted by Gasteiger charge is -2.47. The predicted molar refractivity (Wildman–Crippen MR) is 127 cm³/mol. The van der Waals surface area contributed by atoms with Gasteiger partial charge in [0.05, 0.1) is 0 Å². The van der Waals surface area contributed by atoms with Gasteiger partial charge in [-0.05, 0) is 74.6 Å². The molecule has 31 heavy (non-hydrogen) atoms. The number of rotatable bonds is 0. The molecular weight excluding hydrogens is 380 g/mol. The first-order valence-electron chi connectivity index (χ1n) is 12.0. The van der Waals surface area contributed by atoms with Gasteiger partial charge in [-0.1, -0.05) is 62.4 Å². The van der Waals surface area contributed by atoms with Crippen molar-refractivity contribution in [1.82, 2.24) is 0 Å². The zero-order valence-corrected chi connectivity index (χ0v) is 19.5. The highest BCUT2D eigenvalue weighted by Gasteiger charge is 2.46. The molecule has 0 aromatic heterocycles. The molecule has 0 spiro atoms. The second kappa shape index (κ2) is 7.43. The van der Waals surface area contributed by atoms with E-state index in [1.165, 1.54) is 11.1 Å². The third-order valence-corrected chi connectivity index (χ3v) is 8.15. The van der Waals surface area contributed by atoms with Crippen molar-refractivity contribution in [2.75, 3.05) is 0 Å². The lowest BCUT2D eigenvalue weighted by molar-refractivity contribution is -0.0357. The minimum atomic E-state index is -0.177. The molecular formula is C29H36O2. The van der Waals surface area contributed by atoms with Crippen LogP contribution in [-0.2, 0) is 12.8 Å². The molecule has 2 heterocycles. The Kier molecular flexibility index (Phi) is 4.95. The normalized spacial score (nSPS) is 35.0. The summed E-state index contributed by atoms with van der Waals surface area (Å²) in [6.45, 7) is 9.43. The summed E-state index contributed by atoms with van der Waals surface area (Å²) < 4.78 is 13.5. The quantitative estimate of drug-likeness (QED) is 0.424. The monoisotopic (exact) mass is 416 g/mol. The smallest absolute Gasteiger partial charge is 0.123 e. The second-order valence-electron chi connectivity index (χ2n) is 11.2. The average Bonchev–Trinajstić information content (AvgIpc) is 2.73. The van der Waals surface area contributed by atoms with Crippen LogP contribution in [0.15, 0.2) is 60.7 Å². The molecule has 0 saturated carbocycles. The van der Waals surface area contributed by atoms with Crippen LogP contribution in [0, 0.1) is 17.3 Å². The summed E-state index contributed by atoms with van der Waals surface area (Å²) in [5, 5.41) is 0. The van der Waals surface area contributed by atoms with E-state index >= 15 is 0 Å². The summed E-state index contributed by atoms with van der Waals surface area (Å²) in [5.74, 6) is 3.13. The van der Waals surface area contributed by atoms with Crippen LogP contribution in [0.25, 0.3) is 0 Å². The van der Waals surface area contributed by atoms with Gasteiger partial charge >= 0.3 is 0 Å². The third kappa shape index (κ3) is 3.90. The van der Waals surface area contributed by atoms with Crippen LogP contribution in [0.4, 0.5) is 0 Å². The van der Waals surface area contributed by atoms with E-state index in [0.29, 0.717) is 11.8 Å². The van der Waals surface area contributed by atoms with Gasteiger partial charge in [-0.2, -0.15) is 0 Å². The molecule has 4 atom stereocenters. The largest absolute Gasteiger partial charge is 0.487 e. The Morgan fingerprint density at radius 1 is 0.742 bits per heavy atom. The maximum absolute atomic E-state index is 6.81. The molecule has 2 aromatic carbocycles. The van der Waals surface area contributed by atoms with E-state index in [4.69, 9.17) is 9.47 Å². The van der Waals surface area contributed by atoms with E-state index in [-0.39, 0.29) is 16.6 Å². The van der Waals surface area contributed by atoms with Gasteiger partial charge in [0.15, 0.2) is 0 Å². The van der Waals surface area contributed by atoms with E-state index in [2.05, 4.69) is 88.4 Å². The number of hydrogen-bond acceptors (Lipinski definition) is 2. The van der Waals surface area contributed by atoms with Crippen molar-refractivity contribution in [1.29, 1.82) is 0 Å². The summed E-state index contributed by atoms with van der Waals surface area (Å²) >= 11 is 0. The number of benzene rings is 2. The highest BCUT2D eigenvalue weighted by molar-refractivity contribution is 5.38. The van der Waals surface area contributed by atoms with Crippen molar-refractivity contribution in [3.05, 3.63) is 71.8 Å². The first-order chi connectivity index (χ1) is 14.8. The molecule has 2 aliphatic heterocycles. The maximum Gasteiger partial charge on any atom is 0.123 e. The van der Waals surface area contributed by atoms with Gasteiger partial charge in [0, 0.05) is 18.3 Å². The van der Waals surface area contributed by atoms with Gasteiger partial charge in [-0.15, -0.1) is 0 Å². The van der Waals surface area contributed by atoms with E-state index < -0.39 is 0 Å². The standard InChI is InChI=1S/C29H36O2/c1-27(2)15-9-16-28(3)23(18-21-10-5-7-12-25(21)30-28)14-17-29(4)24(20-27)19-22-11-6-8-13-26(22)31-29/h5-13,15,23-24H,14,16-20H2,1-4H3/b15-9+/t23-,24-,28+,29-/m0/s1. The lowest BCUT2D eigenvalue weighted by Crippen LogP contribution is -2.49. The SMILES string of the molecule is CC1(C)/C=C/C[C@@]2(C)Oc3ccccc3C[C@@H]2CC[C@]2(C)Oc3ccccc3C[C@H]2C1. The number of para-hydroxylation sites is 2. The fourth-order valence-electron chi connectivity index (χ4n) is 6.11. The van der Waals surface area contributed by atoms with Gasteiger partial charge in [-0.3, -0.25) is 0 Å². The Labute approximate surface area is 187 Å². The van der Waals surface area contributed by atoms with Crippen molar-refractivity contribution in [2.24, 2.45) is 17.3 Å².